The van der Waals surface area contributed by atoms with Gasteiger partial charge in [0.15, 0.2) is 0 Å². The van der Waals surface area contributed by atoms with E-state index in [9.17, 15) is 13.2 Å². The smallest absolute Gasteiger partial charge is 0.241 e. The van der Waals surface area contributed by atoms with E-state index in [0.29, 0.717) is 11.6 Å². The zero-order chi connectivity index (χ0) is 20.6. The van der Waals surface area contributed by atoms with Gasteiger partial charge in [-0.15, -0.1) is 0 Å². The van der Waals surface area contributed by atoms with Crippen LogP contribution < -0.4 is 10.0 Å². The van der Waals surface area contributed by atoms with Crippen molar-refractivity contribution in [2.45, 2.75) is 57.4 Å². The van der Waals surface area contributed by atoms with Gasteiger partial charge in [0.1, 0.15) is 0 Å². The standard InChI is InChI=1S/C22H28N2O3S/c1-13(2)16-6-8-17(9-7-16)21(14(3)4)24-28(26,27)18-10-11-20-19(12-18)15(5)22(25)23-20/h6-15,21,24H,1-5H3,(H,23,25)/t15-,21+/m0/s1. The summed E-state index contributed by atoms with van der Waals surface area (Å²) in [5.74, 6) is 0.0432. The van der Waals surface area contributed by atoms with Crippen molar-refractivity contribution in [1.29, 1.82) is 0 Å². The van der Waals surface area contributed by atoms with Crippen molar-refractivity contribution in [1.82, 2.24) is 4.72 Å². The van der Waals surface area contributed by atoms with Gasteiger partial charge in [0.05, 0.1) is 10.8 Å². The maximum absolute atomic E-state index is 13.1. The minimum atomic E-state index is -3.73. The number of rotatable bonds is 6. The zero-order valence-electron chi connectivity index (χ0n) is 17.0. The van der Waals surface area contributed by atoms with E-state index in [2.05, 4.69) is 36.0 Å². The van der Waals surface area contributed by atoms with Crippen molar-refractivity contribution in [2.75, 3.05) is 5.32 Å². The maximum atomic E-state index is 13.1. The lowest BCUT2D eigenvalue weighted by molar-refractivity contribution is -0.116. The lowest BCUT2D eigenvalue weighted by Gasteiger charge is -2.23. The molecule has 6 heteroatoms. The third kappa shape index (κ3) is 3.98. The summed E-state index contributed by atoms with van der Waals surface area (Å²) in [4.78, 5) is 12.0. The molecular weight excluding hydrogens is 372 g/mol. The van der Waals surface area contributed by atoms with Crippen LogP contribution in [0, 0.1) is 5.92 Å². The monoisotopic (exact) mass is 400 g/mol. The molecule has 1 aliphatic heterocycles. The van der Waals surface area contributed by atoms with E-state index >= 15 is 0 Å². The molecule has 0 saturated carbocycles. The van der Waals surface area contributed by atoms with Gasteiger partial charge in [0.25, 0.3) is 0 Å². The number of nitrogens with one attached hydrogen (secondary N) is 2. The van der Waals surface area contributed by atoms with Crippen molar-refractivity contribution >= 4 is 21.6 Å². The first-order valence-corrected chi connectivity index (χ1v) is 11.2. The lowest BCUT2D eigenvalue weighted by Crippen LogP contribution is -2.32. The van der Waals surface area contributed by atoms with Crippen molar-refractivity contribution in [3.05, 3.63) is 59.2 Å². The number of hydrogen-bond acceptors (Lipinski definition) is 3. The fourth-order valence-corrected chi connectivity index (χ4v) is 4.88. The fraction of sp³-hybridized carbons (Fsp3) is 0.409. The molecule has 0 fully saturated rings. The van der Waals surface area contributed by atoms with Crippen LogP contribution in [-0.2, 0) is 14.8 Å². The van der Waals surface area contributed by atoms with Crippen LogP contribution in [0.2, 0.25) is 0 Å². The Morgan fingerprint density at radius 2 is 1.57 bits per heavy atom. The molecule has 0 radical (unpaired) electrons. The molecule has 2 N–H and O–H groups in total. The van der Waals surface area contributed by atoms with Crippen LogP contribution in [0.3, 0.4) is 0 Å². The molecule has 0 aliphatic carbocycles. The molecule has 0 spiro atoms. The lowest BCUT2D eigenvalue weighted by atomic mass is 9.94. The Hall–Kier alpha value is -2.18. The summed E-state index contributed by atoms with van der Waals surface area (Å²) < 4.78 is 29.0. The molecular formula is C22H28N2O3S. The Labute approximate surface area is 167 Å². The van der Waals surface area contributed by atoms with E-state index in [0.717, 1.165) is 11.1 Å². The third-order valence-corrected chi connectivity index (χ3v) is 6.80. The van der Waals surface area contributed by atoms with Crippen molar-refractivity contribution < 1.29 is 13.2 Å². The summed E-state index contributed by atoms with van der Waals surface area (Å²) in [5, 5.41) is 2.77. The Morgan fingerprint density at radius 1 is 0.964 bits per heavy atom. The maximum Gasteiger partial charge on any atom is 0.241 e. The van der Waals surface area contributed by atoms with Crippen LogP contribution in [0.1, 0.15) is 69.2 Å². The molecule has 5 nitrogen and oxygen atoms in total. The first-order valence-electron chi connectivity index (χ1n) is 9.67. The van der Waals surface area contributed by atoms with E-state index in [1.807, 2.05) is 26.0 Å². The SMILES string of the molecule is CC(C)c1ccc([C@H](NS(=O)(=O)c2ccc3c(c2)[C@H](C)C(=O)N3)C(C)C)cc1. The first kappa shape index (κ1) is 20.6. The van der Waals surface area contributed by atoms with Gasteiger partial charge in [-0.2, -0.15) is 0 Å². The topological polar surface area (TPSA) is 75.3 Å². The number of hydrogen-bond donors (Lipinski definition) is 2. The van der Waals surface area contributed by atoms with E-state index in [1.54, 1.807) is 25.1 Å². The van der Waals surface area contributed by atoms with Gasteiger partial charge in [-0.1, -0.05) is 52.0 Å². The quantitative estimate of drug-likeness (QED) is 0.747. The van der Waals surface area contributed by atoms with E-state index in [1.165, 1.54) is 5.56 Å². The number of amides is 1. The predicted molar refractivity (Wildman–Crippen MR) is 112 cm³/mol. The van der Waals surface area contributed by atoms with Gasteiger partial charge >= 0.3 is 0 Å². The van der Waals surface area contributed by atoms with Crippen molar-refractivity contribution in [3.8, 4) is 0 Å². The molecule has 0 bridgehead atoms. The highest BCUT2D eigenvalue weighted by Crippen LogP contribution is 2.34. The molecule has 28 heavy (non-hydrogen) atoms. The van der Waals surface area contributed by atoms with E-state index in [-0.39, 0.29) is 28.7 Å². The second-order valence-corrected chi connectivity index (χ2v) is 9.84. The van der Waals surface area contributed by atoms with Gasteiger partial charge in [-0.25, -0.2) is 13.1 Å². The highest BCUT2D eigenvalue weighted by Gasteiger charge is 2.30. The van der Waals surface area contributed by atoms with Crippen molar-refractivity contribution in [2.24, 2.45) is 5.92 Å². The summed E-state index contributed by atoms with van der Waals surface area (Å²) in [7, 11) is -3.73. The molecule has 0 aromatic heterocycles. The van der Waals surface area contributed by atoms with Crippen LogP contribution in [0.4, 0.5) is 5.69 Å². The third-order valence-electron chi connectivity index (χ3n) is 5.36. The molecule has 2 aromatic rings. The number of benzene rings is 2. The summed E-state index contributed by atoms with van der Waals surface area (Å²) in [6.07, 6.45) is 0. The second-order valence-electron chi connectivity index (χ2n) is 8.12. The normalized spacial score (nSPS) is 17.7. The Bertz CT molecular complexity index is 979. The highest BCUT2D eigenvalue weighted by molar-refractivity contribution is 7.89. The first-order chi connectivity index (χ1) is 13.1. The predicted octanol–water partition coefficient (Wildman–Crippen LogP) is 4.54. The molecule has 2 aromatic carbocycles. The number of anilines is 1. The average molecular weight is 401 g/mol. The molecule has 1 heterocycles. The minimum absolute atomic E-state index is 0.0799. The largest absolute Gasteiger partial charge is 0.325 e. The number of carbonyl (C=O) groups excluding carboxylic acids is 1. The van der Waals surface area contributed by atoms with Gasteiger partial charge < -0.3 is 5.32 Å². The average Bonchev–Trinajstić information content (AvgIpc) is 2.93. The Balaban J connectivity index is 1.90. The van der Waals surface area contributed by atoms with E-state index < -0.39 is 10.0 Å². The minimum Gasteiger partial charge on any atom is -0.325 e. The van der Waals surface area contributed by atoms with Gasteiger partial charge in [-0.05, 0) is 53.6 Å². The van der Waals surface area contributed by atoms with Crippen LogP contribution in [0.5, 0.6) is 0 Å². The molecule has 0 unspecified atom stereocenters. The number of sulfonamides is 1. The molecule has 0 saturated heterocycles. The van der Waals surface area contributed by atoms with E-state index in [4.69, 9.17) is 0 Å². The summed E-state index contributed by atoms with van der Waals surface area (Å²) in [5.41, 5.74) is 3.56. The number of carbonyl (C=O) groups is 1. The fourth-order valence-electron chi connectivity index (χ4n) is 3.47. The molecule has 2 atom stereocenters. The summed E-state index contributed by atoms with van der Waals surface area (Å²) >= 11 is 0. The Kier molecular flexibility index (Phi) is 5.64. The second kappa shape index (κ2) is 7.68. The zero-order valence-corrected chi connectivity index (χ0v) is 17.8. The molecule has 3 rings (SSSR count). The number of fused-ring (bicyclic) bond motifs is 1. The van der Waals surface area contributed by atoms with Crippen LogP contribution in [0.25, 0.3) is 0 Å². The summed E-state index contributed by atoms with van der Waals surface area (Å²) in [6.45, 7) is 10.0. The highest BCUT2D eigenvalue weighted by atomic mass is 32.2. The van der Waals surface area contributed by atoms with Gasteiger partial charge in [0, 0.05) is 11.7 Å². The molecule has 1 aliphatic rings. The van der Waals surface area contributed by atoms with Crippen LogP contribution >= 0.6 is 0 Å². The van der Waals surface area contributed by atoms with Gasteiger partial charge in [0.2, 0.25) is 15.9 Å². The molecule has 150 valence electrons. The Morgan fingerprint density at radius 3 is 2.14 bits per heavy atom. The van der Waals surface area contributed by atoms with Gasteiger partial charge in [-0.3, -0.25) is 4.79 Å². The summed E-state index contributed by atoms with van der Waals surface area (Å²) in [6, 6.07) is 12.6. The van der Waals surface area contributed by atoms with Crippen LogP contribution in [-0.4, -0.2) is 14.3 Å². The van der Waals surface area contributed by atoms with Crippen LogP contribution in [0.15, 0.2) is 47.4 Å². The van der Waals surface area contributed by atoms with Crippen molar-refractivity contribution in [3.63, 3.8) is 0 Å². The molecule has 1 amide bonds.